The van der Waals surface area contributed by atoms with E-state index in [1.807, 2.05) is 24.3 Å². The van der Waals surface area contributed by atoms with Crippen LogP contribution in [0.15, 0.2) is 60.7 Å². The zero-order valence-electron chi connectivity index (χ0n) is 15.8. The number of hydrogen-bond acceptors (Lipinski definition) is 4. The molecule has 28 heavy (non-hydrogen) atoms. The smallest absolute Gasteiger partial charge is 0.330 e. The Morgan fingerprint density at radius 2 is 1.64 bits per heavy atom. The fourth-order valence-electron chi connectivity index (χ4n) is 2.85. The summed E-state index contributed by atoms with van der Waals surface area (Å²) in [5, 5.41) is 19.6. The van der Waals surface area contributed by atoms with Gasteiger partial charge in [-0.1, -0.05) is 44.0 Å². The molecular weight excluding hydrogens is 358 g/mol. The van der Waals surface area contributed by atoms with Gasteiger partial charge in [-0.2, -0.15) is 0 Å². The largest absolute Gasteiger partial charge is 0.493 e. The third-order valence-electron chi connectivity index (χ3n) is 4.46. The highest BCUT2D eigenvalue weighted by Gasteiger charge is 2.09. The van der Waals surface area contributed by atoms with Crippen LogP contribution in [0.3, 0.4) is 0 Å². The minimum absolute atomic E-state index is 0.0640. The topological polar surface area (TPSA) is 89.7 Å². The number of nitrogens with zero attached hydrogens (tertiary/aromatic N) is 1. The van der Waals surface area contributed by atoms with E-state index in [0.29, 0.717) is 13.0 Å². The van der Waals surface area contributed by atoms with Gasteiger partial charge in [0, 0.05) is 23.3 Å². The van der Waals surface area contributed by atoms with Crippen LogP contribution in [-0.2, 0) is 4.79 Å². The Morgan fingerprint density at radius 3 is 2.32 bits per heavy atom. The molecule has 0 spiro atoms. The van der Waals surface area contributed by atoms with Gasteiger partial charge < -0.3 is 9.84 Å². The lowest BCUT2D eigenvalue weighted by atomic mass is 10.0. The summed E-state index contributed by atoms with van der Waals surface area (Å²) >= 11 is 0. The van der Waals surface area contributed by atoms with Crippen molar-refractivity contribution in [2.75, 3.05) is 6.61 Å². The first kappa shape index (κ1) is 21.2. The summed E-state index contributed by atoms with van der Waals surface area (Å²) in [5.74, 6) is -0.158. The Kier molecular flexibility index (Phi) is 8.21. The fraction of sp³-hybridized carbons (Fsp3) is 0.318. The fourth-order valence-corrected chi connectivity index (χ4v) is 2.85. The molecule has 2 aromatic carbocycles. The summed E-state index contributed by atoms with van der Waals surface area (Å²) in [6.07, 6.45) is 5.31. The standard InChI is InChI=1S/C22H25NO5/c1-17(22(24)25)9-5-3-2-4-8-16-28-21-11-7-6-10-20(21)18-12-14-19(15-13-18)23(26)27/h6-7,10-15H,1-5,8-9,16H2,(H,24,25). The second-order valence-corrected chi connectivity index (χ2v) is 6.58. The van der Waals surface area contributed by atoms with Crippen molar-refractivity contribution in [3.63, 3.8) is 0 Å². The summed E-state index contributed by atoms with van der Waals surface area (Å²) in [6.45, 7) is 4.12. The highest BCUT2D eigenvalue weighted by atomic mass is 16.6. The molecule has 1 N–H and O–H groups in total. The lowest BCUT2D eigenvalue weighted by molar-refractivity contribution is -0.384. The maximum absolute atomic E-state index is 10.8. The number of rotatable bonds is 12. The number of hydrogen-bond donors (Lipinski definition) is 1. The van der Waals surface area contributed by atoms with Gasteiger partial charge in [-0.05, 0) is 43.0 Å². The van der Waals surface area contributed by atoms with Gasteiger partial charge in [-0.15, -0.1) is 0 Å². The molecule has 2 rings (SSSR count). The van der Waals surface area contributed by atoms with Crippen molar-refractivity contribution in [1.82, 2.24) is 0 Å². The molecule has 0 saturated carbocycles. The highest BCUT2D eigenvalue weighted by molar-refractivity contribution is 5.85. The molecule has 0 atom stereocenters. The van der Waals surface area contributed by atoms with Crippen molar-refractivity contribution in [3.8, 4) is 16.9 Å². The van der Waals surface area contributed by atoms with Crippen LogP contribution < -0.4 is 4.74 Å². The van der Waals surface area contributed by atoms with Gasteiger partial charge in [-0.25, -0.2) is 4.79 Å². The van der Waals surface area contributed by atoms with Crippen LogP contribution in [0.2, 0.25) is 0 Å². The van der Waals surface area contributed by atoms with Crippen LogP contribution in [0.1, 0.15) is 38.5 Å². The SMILES string of the molecule is C=C(CCCCCCCOc1ccccc1-c1ccc([N+](=O)[O-])cc1)C(=O)O. The van der Waals surface area contributed by atoms with Gasteiger partial charge >= 0.3 is 5.97 Å². The van der Waals surface area contributed by atoms with Gasteiger partial charge in [0.15, 0.2) is 0 Å². The van der Waals surface area contributed by atoms with E-state index in [0.717, 1.165) is 49.0 Å². The molecule has 2 aromatic rings. The lowest BCUT2D eigenvalue weighted by Crippen LogP contribution is -2.00. The quantitative estimate of drug-likeness (QED) is 0.222. The maximum Gasteiger partial charge on any atom is 0.330 e. The summed E-state index contributed by atoms with van der Waals surface area (Å²) in [4.78, 5) is 21.1. The maximum atomic E-state index is 10.8. The second kappa shape index (κ2) is 10.9. The van der Waals surface area contributed by atoms with E-state index in [-0.39, 0.29) is 11.3 Å². The number of unbranched alkanes of at least 4 members (excludes halogenated alkanes) is 4. The Morgan fingerprint density at radius 1 is 1.00 bits per heavy atom. The minimum atomic E-state index is -0.917. The van der Waals surface area contributed by atoms with E-state index in [1.165, 1.54) is 12.1 Å². The molecule has 0 unspecified atom stereocenters. The van der Waals surface area contributed by atoms with Crippen LogP contribution in [-0.4, -0.2) is 22.6 Å². The Bertz CT molecular complexity index is 814. The van der Waals surface area contributed by atoms with E-state index in [1.54, 1.807) is 12.1 Å². The predicted octanol–water partition coefficient (Wildman–Crippen LogP) is 5.62. The summed E-state index contributed by atoms with van der Waals surface area (Å²) in [6, 6.07) is 14.1. The molecule has 0 aliphatic carbocycles. The van der Waals surface area contributed by atoms with E-state index in [9.17, 15) is 14.9 Å². The van der Waals surface area contributed by atoms with E-state index in [2.05, 4.69) is 6.58 Å². The molecular formula is C22H25NO5. The van der Waals surface area contributed by atoms with Gasteiger partial charge in [-0.3, -0.25) is 10.1 Å². The summed E-state index contributed by atoms with van der Waals surface area (Å²) in [5.41, 5.74) is 2.12. The average Bonchev–Trinajstić information content (AvgIpc) is 2.70. The zero-order chi connectivity index (χ0) is 20.4. The van der Waals surface area contributed by atoms with Gasteiger partial charge in [0.25, 0.3) is 5.69 Å². The molecule has 0 fully saturated rings. The highest BCUT2D eigenvalue weighted by Crippen LogP contribution is 2.31. The predicted molar refractivity (Wildman–Crippen MR) is 109 cm³/mol. The van der Waals surface area contributed by atoms with Crippen LogP contribution in [0.5, 0.6) is 5.75 Å². The number of non-ortho nitro benzene ring substituents is 1. The summed E-state index contributed by atoms with van der Waals surface area (Å²) < 4.78 is 5.92. The van der Waals surface area contributed by atoms with Gasteiger partial charge in [0.1, 0.15) is 5.75 Å². The molecule has 0 aromatic heterocycles. The molecule has 0 bridgehead atoms. The number of carbonyl (C=O) groups is 1. The van der Waals surface area contributed by atoms with Crippen molar-refractivity contribution in [2.45, 2.75) is 38.5 Å². The molecule has 6 heteroatoms. The number of aliphatic carboxylic acids is 1. The Hall–Kier alpha value is -3.15. The molecule has 148 valence electrons. The van der Waals surface area contributed by atoms with Crippen LogP contribution >= 0.6 is 0 Å². The first-order chi connectivity index (χ1) is 13.5. The molecule has 6 nitrogen and oxygen atoms in total. The number of nitro benzene ring substituents is 1. The number of ether oxygens (including phenoxy) is 1. The lowest BCUT2D eigenvalue weighted by Gasteiger charge is -2.11. The zero-order valence-corrected chi connectivity index (χ0v) is 15.8. The minimum Gasteiger partial charge on any atom is -0.493 e. The molecule has 0 saturated heterocycles. The van der Waals surface area contributed by atoms with Crippen molar-refractivity contribution in [1.29, 1.82) is 0 Å². The van der Waals surface area contributed by atoms with Crippen molar-refractivity contribution in [3.05, 3.63) is 70.8 Å². The monoisotopic (exact) mass is 383 g/mol. The Balaban J connectivity index is 1.77. The second-order valence-electron chi connectivity index (χ2n) is 6.58. The van der Waals surface area contributed by atoms with E-state index >= 15 is 0 Å². The normalized spacial score (nSPS) is 10.4. The van der Waals surface area contributed by atoms with Gasteiger partial charge in [0.05, 0.1) is 11.5 Å². The van der Waals surface area contributed by atoms with Crippen molar-refractivity contribution < 1.29 is 19.6 Å². The van der Waals surface area contributed by atoms with Crippen LogP contribution in [0.25, 0.3) is 11.1 Å². The first-order valence-electron chi connectivity index (χ1n) is 9.37. The summed E-state index contributed by atoms with van der Waals surface area (Å²) in [7, 11) is 0. The van der Waals surface area contributed by atoms with Crippen molar-refractivity contribution >= 4 is 11.7 Å². The Labute approximate surface area is 164 Å². The number of nitro groups is 1. The van der Waals surface area contributed by atoms with E-state index < -0.39 is 10.9 Å². The van der Waals surface area contributed by atoms with Crippen LogP contribution in [0.4, 0.5) is 5.69 Å². The first-order valence-corrected chi connectivity index (χ1v) is 9.37. The number of carboxylic acid groups (broad SMARTS) is 1. The van der Waals surface area contributed by atoms with E-state index in [4.69, 9.17) is 9.84 Å². The molecule has 0 amide bonds. The number of para-hydroxylation sites is 1. The molecule has 0 heterocycles. The third-order valence-corrected chi connectivity index (χ3v) is 4.46. The average molecular weight is 383 g/mol. The number of carboxylic acids is 1. The third kappa shape index (κ3) is 6.54. The van der Waals surface area contributed by atoms with Gasteiger partial charge in [0.2, 0.25) is 0 Å². The molecule has 0 aliphatic heterocycles. The number of benzene rings is 2. The molecule has 0 radical (unpaired) electrons. The molecule has 0 aliphatic rings. The van der Waals surface area contributed by atoms with Crippen LogP contribution in [0, 0.1) is 10.1 Å². The van der Waals surface area contributed by atoms with Crippen molar-refractivity contribution in [2.24, 2.45) is 0 Å².